The molecule has 23 heavy (non-hydrogen) atoms. The second-order valence-corrected chi connectivity index (χ2v) is 6.32. The van der Waals surface area contributed by atoms with E-state index in [1.165, 1.54) is 6.08 Å². The van der Waals surface area contributed by atoms with Gasteiger partial charge < -0.3 is 19.7 Å². The summed E-state index contributed by atoms with van der Waals surface area (Å²) < 4.78 is 11.0. The van der Waals surface area contributed by atoms with Crippen LogP contribution in [0.15, 0.2) is 30.9 Å². The first-order valence-electron chi connectivity index (χ1n) is 7.40. The molecule has 3 rings (SSSR count). The summed E-state index contributed by atoms with van der Waals surface area (Å²) in [6.45, 7) is 5.07. The fourth-order valence-corrected chi connectivity index (χ4v) is 3.60. The number of anilines is 1. The van der Waals surface area contributed by atoms with E-state index in [1.807, 2.05) is 0 Å². The van der Waals surface area contributed by atoms with Gasteiger partial charge in [-0.15, -0.1) is 0 Å². The minimum atomic E-state index is -0.493. The lowest BCUT2D eigenvalue weighted by molar-refractivity contribution is -0.133. The van der Waals surface area contributed by atoms with Crippen LogP contribution in [0.4, 0.5) is 5.69 Å². The largest absolute Gasteiger partial charge is 0.486 e. The number of nitrogens with zero attached hydrogens (tertiary/aromatic N) is 1. The third-order valence-electron chi connectivity index (χ3n) is 3.70. The maximum Gasteiger partial charge on any atom is 0.248 e. The van der Waals surface area contributed by atoms with Crippen LogP contribution in [0.1, 0.15) is 0 Å². The number of ether oxygens (including phenoxy) is 2. The zero-order valence-corrected chi connectivity index (χ0v) is 13.4. The number of thioether (sulfide) groups is 1. The summed E-state index contributed by atoms with van der Waals surface area (Å²) in [5, 5.41) is 2.85. The molecule has 1 aromatic carbocycles. The summed E-state index contributed by atoms with van der Waals surface area (Å²) in [7, 11) is 0. The molecule has 6 nitrogen and oxygen atoms in total. The van der Waals surface area contributed by atoms with Gasteiger partial charge in [0.2, 0.25) is 11.8 Å². The third kappa shape index (κ3) is 3.44. The Hall–Kier alpha value is -2.15. The van der Waals surface area contributed by atoms with E-state index in [0.29, 0.717) is 42.7 Å². The Morgan fingerprint density at radius 3 is 2.87 bits per heavy atom. The first kappa shape index (κ1) is 15.7. The van der Waals surface area contributed by atoms with Crippen molar-refractivity contribution in [2.24, 2.45) is 0 Å². The van der Waals surface area contributed by atoms with Crippen molar-refractivity contribution in [1.29, 1.82) is 0 Å². The summed E-state index contributed by atoms with van der Waals surface area (Å²) >= 11 is 1.66. The van der Waals surface area contributed by atoms with E-state index in [2.05, 4.69) is 11.9 Å². The quantitative estimate of drug-likeness (QED) is 0.849. The van der Waals surface area contributed by atoms with Crippen molar-refractivity contribution in [3.05, 3.63) is 30.9 Å². The molecule has 1 atom stereocenters. The fraction of sp³-hybridized carbons (Fsp3) is 0.375. The number of hydrogen-bond donors (Lipinski definition) is 1. The number of rotatable bonds is 3. The topological polar surface area (TPSA) is 67.9 Å². The minimum Gasteiger partial charge on any atom is -0.486 e. The number of carbonyl (C=O) groups excluding carboxylic acids is 2. The Labute approximate surface area is 138 Å². The fourth-order valence-electron chi connectivity index (χ4n) is 2.55. The van der Waals surface area contributed by atoms with Crippen LogP contribution in [0.2, 0.25) is 0 Å². The average molecular weight is 334 g/mol. The average Bonchev–Trinajstić information content (AvgIpc) is 2.61. The molecule has 2 heterocycles. The van der Waals surface area contributed by atoms with E-state index in [0.717, 1.165) is 5.75 Å². The van der Waals surface area contributed by atoms with Gasteiger partial charge in [0.1, 0.15) is 19.3 Å². The second kappa shape index (κ2) is 6.95. The molecule has 0 spiro atoms. The molecule has 0 saturated carbocycles. The van der Waals surface area contributed by atoms with E-state index < -0.39 is 6.04 Å². The van der Waals surface area contributed by atoms with Crippen molar-refractivity contribution in [3.8, 4) is 11.5 Å². The van der Waals surface area contributed by atoms with Crippen molar-refractivity contribution >= 4 is 29.3 Å². The van der Waals surface area contributed by atoms with Crippen LogP contribution in [0, 0.1) is 0 Å². The van der Waals surface area contributed by atoms with Gasteiger partial charge in [-0.05, 0) is 18.2 Å². The van der Waals surface area contributed by atoms with Crippen LogP contribution in [0.5, 0.6) is 11.5 Å². The molecule has 2 amide bonds. The lowest BCUT2D eigenvalue weighted by Gasteiger charge is -2.33. The zero-order valence-electron chi connectivity index (χ0n) is 12.6. The molecule has 1 N–H and O–H groups in total. The van der Waals surface area contributed by atoms with Crippen LogP contribution in [0.25, 0.3) is 0 Å². The molecule has 0 aromatic heterocycles. The Morgan fingerprint density at radius 2 is 2.09 bits per heavy atom. The first-order valence-corrected chi connectivity index (χ1v) is 8.56. The van der Waals surface area contributed by atoms with Crippen molar-refractivity contribution in [3.63, 3.8) is 0 Å². The summed E-state index contributed by atoms with van der Waals surface area (Å²) in [6.07, 6.45) is 1.25. The summed E-state index contributed by atoms with van der Waals surface area (Å²) in [4.78, 5) is 26.0. The number of fused-ring (bicyclic) bond motifs is 1. The molecule has 1 unspecified atom stereocenters. The van der Waals surface area contributed by atoms with Crippen LogP contribution < -0.4 is 14.8 Å². The number of benzene rings is 1. The van der Waals surface area contributed by atoms with Gasteiger partial charge in [0, 0.05) is 29.8 Å². The molecule has 2 aliphatic heterocycles. The summed E-state index contributed by atoms with van der Waals surface area (Å²) in [5.41, 5.74) is 0.626. The van der Waals surface area contributed by atoms with E-state index in [1.54, 1.807) is 34.9 Å². The monoisotopic (exact) mass is 334 g/mol. The van der Waals surface area contributed by atoms with Gasteiger partial charge in [0.05, 0.1) is 0 Å². The molecular weight excluding hydrogens is 316 g/mol. The van der Waals surface area contributed by atoms with Crippen LogP contribution >= 0.6 is 11.8 Å². The van der Waals surface area contributed by atoms with Crippen molar-refractivity contribution in [2.75, 3.05) is 36.6 Å². The lowest BCUT2D eigenvalue weighted by Crippen LogP contribution is -2.51. The Morgan fingerprint density at radius 1 is 1.30 bits per heavy atom. The smallest absolute Gasteiger partial charge is 0.248 e. The lowest BCUT2D eigenvalue weighted by atomic mass is 10.2. The van der Waals surface area contributed by atoms with Crippen LogP contribution in [-0.4, -0.2) is 54.0 Å². The van der Waals surface area contributed by atoms with Gasteiger partial charge in [-0.25, -0.2) is 0 Å². The molecule has 1 saturated heterocycles. The highest BCUT2D eigenvalue weighted by Crippen LogP contribution is 2.32. The predicted molar refractivity (Wildman–Crippen MR) is 89.1 cm³/mol. The molecule has 122 valence electrons. The highest BCUT2D eigenvalue weighted by Gasteiger charge is 2.31. The van der Waals surface area contributed by atoms with Crippen LogP contribution in [-0.2, 0) is 9.59 Å². The van der Waals surface area contributed by atoms with Crippen molar-refractivity contribution < 1.29 is 19.1 Å². The Kier molecular flexibility index (Phi) is 4.76. The maximum absolute atomic E-state index is 12.5. The van der Waals surface area contributed by atoms with Crippen molar-refractivity contribution in [1.82, 2.24) is 4.90 Å². The van der Waals surface area contributed by atoms with Crippen LogP contribution in [0.3, 0.4) is 0 Å². The second-order valence-electron chi connectivity index (χ2n) is 5.17. The minimum absolute atomic E-state index is 0.205. The molecule has 1 fully saturated rings. The van der Waals surface area contributed by atoms with Crippen molar-refractivity contribution in [2.45, 2.75) is 6.04 Å². The standard InChI is InChI=1S/C16H18N2O4S/c1-2-15(19)18-5-8-23-10-12(18)16(20)17-11-3-4-13-14(9-11)22-7-6-21-13/h2-4,9,12H,1,5-8,10H2,(H,17,20). The van der Waals surface area contributed by atoms with Gasteiger partial charge in [-0.3, -0.25) is 9.59 Å². The van der Waals surface area contributed by atoms with Gasteiger partial charge in [-0.1, -0.05) is 6.58 Å². The summed E-state index contributed by atoms with van der Waals surface area (Å²) in [5.74, 6) is 2.28. The highest BCUT2D eigenvalue weighted by atomic mass is 32.2. The highest BCUT2D eigenvalue weighted by molar-refractivity contribution is 7.99. The van der Waals surface area contributed by atoms with E-state index >= 15 is 0 Å². The molecule has 0 radical (unpaired) electrons. The normalized spacial score (nSPS) is 19.8. The SMILES string of the molecule is C=CC(=O)N1CCSCC1C(=O)Nc1ccc2c(c1)OCCO2. The van der Waals surface area contributed by atoms with Gasteiger partial charge in [0.25, 0.3) is 0 Å². The maximum atomic E-state index is 12.5. The zero-order chi connectivity index (χ0) is 16.2. The van der Waals surface area contributed by atoms with Gasteiger partial charge in [-0.2, -0.15) is 11.8 Å². The third-order valence-corrected chi connectivity index (χ3v) is 4.72. The molecule has 7 heteroatoms. The van der Waals surface area contributed by atoms with E-state index in [4.69, 9.17) is 9.47 Å². The van der Waals surface area contributed by atoms with E-state index in [-0.39, 0.29) is 11.8 Å². The van der Waals surface area contributed by atoms with E-state index in [9.17, 15) is 9.59 Å². The number of carbonyl (C=O) groups is 2. The predicted octanol–water partition coefficient (Wildman–Crippen LogP) is 1.53. The Bertz CT molecular complexity index is 635. The molecular formula is C16H18N2O4S. The molecule has 0 bridgehead atoms. The van der Waals surface area contributed by atoms with Gasteiger partial charge >= 0.3 is 0 Å². The number of hydrogen-bond acceptors (Lipinski definition) is 5. The van der Waals surface area contributed by atoms with Gasteiger partial charge in [0.15, 0.2) is 11.5 Å². The first-order chi connectivity index (χ1) is 11.2. The number of nitrogens with one attached hydrogen (secondary N) is 1. The Balaban J connectivity index is 1.72. The molecule has 2 aliphatic rings. The summed E-state index contributed by atoms with van der Waals surface area (Å²) in [6, 6.07) is 4.78. The molecule has 0 aliphatic carbocycles. The number of amides is 2. The molecule has 1 aromatic rings.